The Labute approximate surface area is 109 Å². The average Bonchev–Trinajstić information content (AvgIpc) is 2.40. The lowest BCUT2D eigenvalue weighted by atomic mass is 9.87. The van der Waals surface area contributed by atoms with Crippen molar-refractivity contribution in [3.05, 3.63) is 30.3 Å². The van der Waals surface area contributed by atoms with Crippen LogP contribution in [0.15, 0.2) is 35.2 Å². The molecule has 1 aliphatic rings. The van der Waals surface area contributed by atoms with E-state index in [9.17, 15) is 8.42 Å². The normalized spacial score (nSPS) is 24.9. The number of nitrogens with two attached hydrogens (primary N) is 1. The van der Waals surface area contributed by atoms with Gasteiger partial charge in [0.2, 0.25) is 10.0 Å². The van der Waals surface area contributed by atoms with E-state index < -0.39 is 10.0 Å². The lowest BCUT2D eigenvalue weighted by molar-refractivity contribution is 0.319. The van der Waals surface area contributed by atoms with E-state index in [1.165, 1.54) is 0 Å². The van der Waals surface area contributed by atoms with E-state index >= 15 is 0 Å². The minimum absolute atomic E-state index is 0.0537. The van der Waals surface area contributed by atoms with Crippen LogP contribution < -0.4 is 10.5 Å². The monoisotopic (exact) mass is 268 g/mol. The van der Waals surface area contributed by atoms with Crippen LogP contribution in [0.2, 0.25) is 0 Å². The molecule has 0 aliphatic heterocycles. The van der Waals surface area contributed by atoms with Crippen molar-refractivity contribution in [2.45, 2.75) is 36.6 Å². The van der Waals surface area contributed by atoms with Crippen LogP contribution >= 0.6 is 0 Å². The van der Waals surface area contributed by atoms with Gasteiger partial charge in [-0.05, 0) is 50.3 Å². The van der Waals surface area contributed by atoms with E-state index in [-0.39, 0.29) is 6.04 Å². The smallest absolute Gasteiger partial charge is 0.240 e. The van der Waals surface area contributed by atoms with Gasteiger partial charge in [-0.3, -0.25) is 0 Å². The van der Waals surface area contributed by atoms with Gasteiger partial charge < -0.3 is 5.73 Å². The van der Waals surface area contributed by atoms with Gasteiger partial charge in [-0.1, -0.05) is 18.2 Å². The molecule has 0 atom stereocenters. The van der Waals surface area contributed by atoms with Gasteiger partial charge in [-0.15, -0.1) is 0 Å². The van der Waals surface area contributed by atoms with Crippen LogP contribution in [0.3, 0.4) is 0 Å². The fourth-order valence-corrected chi connectivity index (χ4v) is 3.73. The second-order valence-corrected chi connectivity index (χ2v) is 6.60. The topological polar surface area (TPSA) is 72.2 Å². The third-order valence-electron chi connectivity index (χ3n) is 3.56. The summed E-state index contributed by atoms with van der Waals surface area (Å²) in [6.07, 6.45) is 3.79. The highest BCUT2D eigenvalue weighted by Crippen LogP contribution is 2.24. The molecule has 0 saturated heterocycles. The maximum absolute atomic E-state index is 12.1. The number of nitrogens with one attached hydrogen (secondary N) is 1. The molecule has 1 saturated carbocycles. The zero-order valence-electron chi connectivity index (χ0n) is 10.4. The van der Waals surface area contributed by atoms with E-state index in [2.05, 4.69) is 4.72 Å². The standard InChI is InChI=1S/C13H20N2O2S/c14-10-11-6-8-12(9-7-11)15-18(16,17)13-4-2-1-3-5-13/h1-5,11-12,15H,6-10,14H2. The molecule has 0 heterocycles. The minimum atomic E-state index is -3.37. The Kier molecular flexibility index (Phi) is 4.37. The van der Waals surface area contributed by atoms with E-state index in [1.54, 1.807) is 24.3 Å². The predicted octanol–water partition coefficient (Wildman–Crippen LogP) is 1.48. The Balaban J connectivity index is 1.98. The third kappa shape index (κ3) is 3.31. The molecular formula is C13H20N2O2S. The van der Waals surface area contributed by atoms with Gasteiger partial charge in [0.25, 0.3) is 0 Å². The molecule has 0 spiro atoms. The third-order valence-corrected chi connectivity index (χ3v) is 5.09. The second-order valence-electron chi connectivity index (χ2n) is 4.89. The van der Waals surface area contributed by atoms with Crippen molar-refractivity contribution in [2.75, 3.05) is 6.54 Å². The van der Waals surface area contributed by atoms with Gasteiger partial charge in [-0.2, -0.15) is 0 Å². The number of hydrogen-bond acceptors (Lipinski definition) is 3. The Morgan fingerprint density at radius 3 is 2.28 bits per heavy atom. The minimum Gasteiger partial charge on any atom is -0.330 e. The van der Waals surface area contributed by atoms with Crippen LogP contribution in [-0.4, -0.2) is 21.0 Å². The molecule has 18 heavy (non-hydrogen) atoms. The van der Waals surface area contributed by atoms with Crippen LogP contribution in [-0.2, 0) is 10.0 Å². The predicted molar refractivity (Wildman–Crippen MR) is 71.6 cm³/mol. The summed E-state index contributed by atoms with van der Waals surface area (Å²) in [7, 11) is -3.37. The highest BCUT2D eigenvalue weighted by Gasteiger charge is 2.24. The lowest BCUT2D eigenvalue weighted by Gasteiger charge is -2.28. The molecule has 0 radical (unpaired) electrons. The summed E-state index contributed by atoms with van der Waals surface area (Å²) in [6.45, 7) is 0.707. The Bertz CT molecular complexity index is 465. The molecule has 0 bridgehead atoms. The molecule has 5 heteroatoms. The largest absolute Gasteiger partial charge is 0.330 e. The molecule has 0 aromatic heterocycles. The van der Waals surface area contributed by atoms with Crippen LogP contribution in [0.4, 0.5) is 0 Å². The van der Waals surface area contributed by atoms with E-state index in [1.807, 2.05) is 6.07 Å². The molecule has 3 N–H and O–H groups in total. The zero-order chi connectivity index (χ0) is 13.0. The van der Waals surface area contributed by atoms with Crippen LogP contribution in [0.1, 0.15) is 25.7 Å². The lowest BCUT2D eigenvalue weighted by Crippen LogP contribution is -2.38. The van der Waals surface area contributed by atoms with Crippen molar-refractivity contribution >= 4 is 10.0 Å². The van der Waals surface area contributed by atoms with Gasteiger partial charge >= 0.3 is 0 Å². The van der Waals surface area contributed by atoms with Crippen molar-refractivity contribution in [3.63, 3.8) is 0 Å². The molecule has 1 aliphatic carbocycles. The van der Waals surface area contributed by atoms with Crippen molar-refractivity contribution in [1.82, 2.24) is 4.72 Å². The average molecular weight is 268 g/mol. The second kappa shape index (κ2) is 5.82. The van der Waals surface area contributed by atoms with Crippen LogP contribution in [0.5, 0.6) is 0 Å². The molecule has 0 amide bonds. The number of sulfonamides is 1. The highest BCUT2D eigenvalue weighted by molar-refractivity contribution is 7.89. The maximum atomic E-state index is 12.1. The first-order chi connectivity index (χ1) is 8.62. The summed E-state index contributed by atoms with van der Waals surface area (Å²) in [6, 6.07) is 8.57. The molecule has 1 aromatic rings. The number of benzene rings is 1. The van der Waals surface area contributed by atoms with Gasteiger partial charge in [0, 0.05) is 6.04 Å². The summed E-state index contributed by atoms with van der Waals surface area (Å²) < 4.78 is 27.0. The number of rotatable bonds is 4. The molecule has 4 nitrogen and oxygen atoms in total. The first kappa shape index (κ1) is 13.5. The molecular weight excluding hydrogens is 248 g/mol. The fourth-order valence-electron chi connectivity index (χ4n) is 2.40. The van der Waals surface area contributed by atoms with E-state index in [4.69, 9.17) is 5.73 Å². The zero-order valence-corrected chi connectivity index (χ0v) is 11.2. The summed E-state index contributed by atoms with van der Waals surface area (Å²) >= 11 is 0. The Morgan fingerprint density at radius 1 is 1.11 bits per heavy atom. The number of hydrogen-bond donors (Lipinski definition) is 2. The van der Waals surface area contributed by atoms with Crippen molar-refractivity contribution < 1.29 is 8.42 Å². The first-order valence-electron chi connectivity index (χ1n) is 6.39. The fraction of sp³-hybridized carbons (Fsp3) is 0.538. The highest BCUT2D eigenvalue weighted by atomic mass is 32.2. The van der Waals surface area contributed by atoms with E-state index in [0.29, 0.717) is 17.4 Å². The summed E-state index contributed by atoms with van der Waals surface area (Å²) in [5.74, 6) is 0.558. The van der Waals surface area contributed by atoms with Crippen LogP contribution in [0.25, 0.3) is 0 Å². The Morgan fingerprint density at radius 2 is 1.72 bits per heavy atom. The summed E-state index contributed by atoms with van der Waals surface area (Å²) in [5.41, 5.74) is 5.63. The summed E-state index contributed by atoms with van der Waals surface area (Å²) in [5, 5.41) is 0. The molecule has 1 aromatic carbocycles. The molecule has 100 valence electrons. The van der Waals surface area contributed by atoms with Crippen molar-refractivity contribution in [2.24, 2.45) is 11.7 Å². The van der Waals surface area contributed by atoms with Crippen LogP contribution in [0, 0.1) is 5.92 Å². The Hall–Kier alpha value is -0.910. The van der Waals surface area contributed by atoms with E-state index in [0.717, 1.165) is 25.7 Å². The van der Waals surface area contributed by atoms with Gasteiger partial charge in [0.05, 0.1) is 4.90 Å². The van der Waals surface area contributed by atoms with Crippen molar-refractivity contribution in [1.29, 1.82) is 0 Å². The van der Waals surface area contributed by atoms with Crippen molar-refractivity contribution in [3.8, 4) is 0 Å². The maximum Gasteiger partial charge on any atom is 0.240 e. The first-order valence-corrected chi connectivity index (χ1v) is 7.87. The van der Waals surface area contributed by atoms with Gasteiger partial charge in [0.1, 0.15) is 0 Å². The molecule has 0 unspecified atom stereocenters. The van der Waals surface area contributed by atoms with Gasteiger partial charge in [0.15, 0.2) is 0 Å². The van der Waals surface area contributed by atoms with Gasteiger partial charge in [-0.25, -0.2) is 13.1 Å². The molecule has 2 rings (SSSR count). The SMILES string of the molecule is NCC1CCC(NS(=O)(=O)c2ccccc2)CC1. The summed E-state index contributed by atoms with van der Waals surface area (Å²) in [4.78, 5) is 0.339. The molecule has 1 fully saturated rings. The quantitative estimate of drug-likeness (QED) is 0.869.